The molecule has 0 aromatic heterocycles. The van der Waals surface area contributed by atoms with Gasteiger partial charge in [0, 0.05) is 0 Å². The second-order valence-corrected chi connectivity index (χ2v) is 11.2. The Labute approximate surface area is 144 Å². The normalized spacial score (nSPS) is 66.1. The van der Waals surface area contributed by atoms with Gasteiger partial charge in [-0.15, -0.1) is 0 Å². The van der Waals surface area contributed by atoms with Crippen LogP contribution in [0.5, 0.6) is 0 Å². The molecular weight excluding hydrogens is 276 g/mol. The largest absolute Gasteiger partial charge is 0.0625 e. The first-order valence-electron chi connectivity index (χ1n) is 10.9. The van der Waals surface area contributed by atoms with Gasteiger partial charge in [0.05, 0.1) is 0 Å². The summed E-state index contributed by atoms with van der Waals surface area (Å²) < 4.78 is 0. The van der Waals surface area contributed by atoms with E-state index in [1.54, 1.807) is 19.3 Å². The second-order valence-electron chi connectivity index (χ2n) is 11.2. The highest BCUT2D eigenvalue weighted by Gasteiger charge is 2.70. The van der Waals surface area contributed by atoms with E-state index in [1.807, 2.05) is 0 Å². The molecule has 0 aromatic rings. The summed E-state index contributed by atoms with van der Waals surface area (Å²) >= 11 is 0. The van der Waals surface area contributed by atoms with Crippen molar-refractivity contribution in [1.82, 2.24) is 0 Å². The number of hydrogen-bond acceptors (Lipinski definition) is 0. The van der Waals surface area contributed by atoms with E-state index >= 15 is 0 Å². The van der Waals surface area contributed by atoms with Crippen molar-refractivity contribution < 1.29 is 0 Å². The molecular formula is C23H38. The summed E-state index contributed by atoms with van der Waals surface area (Å²) in [5.74, 6) is 15.1. The number of hydrogen-bond donors (Lipinski definition) is 0. The minimum absolute atomic E-state index is 0.911. The van der Waals surface area contributed by atoms with Crippen molar-refractivity contribution in [2.24, 2.45) is 82.9 Å². The summed E-state index contributed by atoms with van der Waals surface area (Å²) in [6, 6.07) is 0. The van der Waals surface area contributed by atoms with Crippen LogP contribution in [0, 0.1) is 82.9 Å². The zero-order valence-corrected chi connectivity index (χ0v) is 16.2. The highest BCUT2D eigenvalue weighted by molar-refractivity contribution is 5.17. The van der Waals surface area contributed by atoms with Crippen LogP contribution in [0.3, 0.4) is 0 Å². The summed E-state index contributed by atoms with van der Waals surface area (Å²) in [7, 11) is 0. The molecule has 23 heavy (non-hydrogen) atoms. The van der Waals surface area contributed by atoms with Crippen molar-refractivity contribution >= 4 is 0 Å². The molecule has 0 radical (unpaired) electrons. The molecule has 0 aromatic carbocycles. The Bertz CT molecular complexity index is 492. The van der Waals surface area contributed by atoms with Crippen LogP contribution in [-0.2, 0) is 0 Å². The first-order valence-corrected chi connectivity index (χ1v) is 10.9. The second kappa shape index (κ2) is 4.79. The van der Waals surface area contributed by atoms with Crippen LogP contribution in [-0.4, -0.2) is 0 Å². The Balaban J connectivity index is 1.43. The summed E-state index contributed by atoms with van der Waals surface area (Å²) in [5, 5.41) is 0. The van der Waals surface area contributed by atoms with Crippen LogP contribution in [0.2, 0.25) is 0 Å². The fraction of sp³-hybridized carbons (Fsp3) is 1.00. The molecule has 13 unspecified atom stereocenters. The Kier molecular flexibility index (Phi) is 3.18. The molecule has 13 atom stereocenters. The third kappa shape index (κ3) is 1.70. The Morgan fingerprint density at radius 2 is 1.09 bits per heavy atom. The lowest BCUT2D eigenvalue weighted by Crippen LogP contribution is -2.70. The van der Waals surface area contributed by atoms with Gasteiger partial charge in [0.25, 0.3) is 0 Å². The Hall–Kier alpha value is 0. The molecule has 5 rings (SSSR count). The van der Waals surface area contributed by atoms with E-state index in [9.17, 15) is 0 Å². The van der Waals surface area contributed by atoms with E-state index in [2.05, 4.69) is 41.5 Å². The van der Waals surface area contributed by atoms with Crippen LogP contribution in [0.4, 0.5) is 0 Å². The average Bonchev–Trinajstić information content (AvgIpc) is 2.42. The first-order chi connectivity index (χ1) is 10.9. The molecule has 0 saturated heterocycles. The van der Waals surface area contributed by atoms with Crippen molar-refractivity contribution in [3.63, 3.8) is 0 Å². The lowest BCUT2D eigenvalue weighted by molar-refractivity contribution is -0.276. The third-order valence-corrected chi connectivity index (χ3v) is 10.2. The minimum atomic E-state index is 0.911. The van der Waals surface area contributed by atoms with E-state index < -0.39 is 0 Å². The van der Waals surface area contributed by atoms with E-state index in [4.69, 9.17) is 0 Å². The maximum atomic E-state index is 2.63. The third-order valence-electron chi connectivity index (χ3n) is 10.2. The van der Waals surface area contributed by atoms with E-state index in [1.165, 1.54) is 0 Å². The lowest BCUT2D eigenvalue weighted by Gasteiger charge is -2.75. The van der Waals surface area contributed by atoms with Gasteiger partial charge in [-0.05, 0) is 102 Å². The predicted molar refractivity (Wildman–Crippen MR) is 96.8 cm³/mol. The van der Waals surface area contributed by atoms with Gasteiger partial charge in [-0.3, -0.25) is 0 Å². The topological polar surface area (TPSA) is 0 Å². The standard InChI is InChI=1S/C23H38/c1-10(2)18-14(6)21-15(18)9-13(5)20-17-8-12(4)19-11(3)7-16(19)22(17)23(20)21/h10-23H,7-9H2,1-6H3. The maximum absolute atomic E-state index is 2.63. The van der Waals surface area contributed by atoms with Crippen LogP contribution in [0.15, 0.2) is 0 Å². The summed E-state index contributed by atoms with van der Waals surface area (Å²) in [4.78, 5) is 0. The molecule has 0 heterocycles. The number of rotatable bonds is 1. The predicted octanol–water partition coefficient (Wildman–Crippen LogP) is 5.97. The van der Waals surface area contributed by atoms with Gasteiger partial charge < -0.3 is 0 Å². The van der Waals surface area contributed by atoms with Crippen molar-refractivity contribution in [2.75, 3.05) is 0 Å². The molecule has 0 heteroatoms. The molecule has 0 aliphatic heterocycles. The van der Waals surface area contributed by atoms with Crippen LogP contribution < -0.4 is 0 Å². The smallest absolute Gasteiger partial charge is 0.0313 e. The van der Waals surface area contributed by atoms with Gasteiger partial charge in [-0.25, -0.2) is 0 Å². The highest BCUT2D eigenvalue weighted by Crippen LogP contribution is 2.75. The highest BCUT2D eigenvalue weighted by atomic mass is 14.7. The molecule has 130 valence electrons. The van der Waals surface area contributed by atoms with Crippen molar-refractivity contribution in [1.29, 1.82) is 0 Å². The molecule has 5 aliphatic rings. The summed E-state index contributed by atoms with van der Waals surface area (Å²) in [5.41, 5.74) is 0. The Morgan fingerprint density at radius 1 is 0.565 bits per heavy atom. The zero-order valence-electron chi connectivity index (χ0n) is 16.2. The molecule has 0 bridgehead atoms. The van der Waals surface area contributed by atoms with Gasteiger partial charge in [0.1, 0.15) is 0 Å². The molecule has 0 nitrogen and oxygen atoms in total. The molecule has 5 aliphatic carbocycles. The van der Waals surface area contributed by atoms with Crippen LogP contribution >= 0.6 is 0 Å². The van der Waals surface area contributed by atoms with Crippen molar-refractivity contribution in [3.05, 3.63) is 0 Å². The van der Waals surface area contributed by atoms with Gasteiger partial charge in [-0.2, -0.15) is 0 Å². The SMILES string of the molecule is CC(C)C1C(C)C2C1CC(C)C1C3CC(C)C4C(C)CC4C3C12. The van der Waals surface area contributed by atoms with Crippen molar-refractivity contribution in [3.8, 4) is 0 Å². The van der Waals surface area contributed by atoms with Gasteiger partial charge in [0.2, 0.25) is 0 Å². The first kappa shape index (κ1) is 15.3. The monoisotopic (exact) mass is 314 g/mol. The summed E-state index contributed by atoms with van der Waals surface area (Å²) in [6.07, 6.45) is 4.73. The van der Waals surface area contributed by atoms with E-state index in [0.29, 0.717) is 0 Å². The molecule has 5 fully saturated rings. The zero-order chi connectivity index (χ0) is 16.2. The quantitative estimate of drug-likeness (QED) is 0.559. The maximum Gasteiger partial charge on any atom is -0.0313 e. The minimum Gasteiger partial charge on any atom is -0.0625 e. The van der Waals surface area contributed by atoms with Gasteiger partial charge >= 0.3 is 0 Å². The molecule has 0 N–H and O–H groups in total. The van der Waals surface area contributed by atoms with Crippen LogP contribution in [0.1, 0.15) is 60.8 Å². The van der Waals surface area contributed by atoms with E-state index in [-0.39, 0.29) is 0 Å². The fourth-order valence-electron chi connectivity index (χ4n) is 9.91. The van der Waals surface area contributed by atoms with Gasteiger partial charge in [-0.1, -0.05) is 41.5 Å². The average molecular weight is 315 g/mol. The van der Waals surface area contributed by atoms with Gasteiger partial charge in [0.15, 0.2) is 0 Å². The molecule has 5 saturated carbocycles. The Morgan fingerprint density at radius 3 is 1.70 bits per heavy atom. The molecule has 0 spiro atoms. The molecule has 0 amide bonds. The van der Waals surface area contributed by atoms with Crippen LogP contribution in [0.25, 0.3) is 0 Å². The van der Waals surface area contributed by atoms with E-state index in [0.717, 1.165) is 82.9 Å². The fourth-order valence-corrected chi connectivity index (χ4v) is 9.91. The number of fused-ring (bicyclic) bond motifs is 8. The lowest BCUT2D eigenvalue weighted by atomic mass is 9.30. The van der Waals surface area contributed by atoms with Crippen molar-refractivity contribution in [2.45, 2.75) is 60.8 Å². The summed E-state index contributed by atoms with van der Waals surface area (Å²) in [6.45, 7) is 15.4.